The SMILES string of the molecule is Cc1cc(N)ccc1C(=O)Nc1cn(C)nc1C. The lowest BCUT2D eigenvalue weighted by molar-refractivity contribution is 0.102. The lowest BCUT2D eigenvalue weighted by Crippen LogP contribution is -2.13. The molecule has 1 aromatic carbocycles. The second-order valence-electron chi connectivity index (χ2n) is 4.33. The van der Waals surface area contributed by atoms with Crippen molar-refractivity contribution in [3.05, 3.63) is 41.2 Å². The first-order valence-corrected chi connectivity index (χ1v) is 5.65. The van der Waals surface area contributed by atoms with Crippen LogP contribution < -0.4 is 11.1 Å². The maximum Gasteiger partial charge on any atom is 0.256 e. The Balaban J connectivity index is 2.24. The molecule has 0 saturated carbocycles. The van der Waals surface area contributed by atoms with Crippen molar-refractivity contribution in [2.75, 3.05) is 11.1 Å². The number of aryl methyl sites for hydroxylation is 3. The summed E-state index contributed by atoms with van der Waals surface area (Å²) < 4.78 is 1.67. The van der Waals surface area contributed by atoms with Crippen LogP contribution >= 0.6 is 0 Å². The zero-order valence-corrected chi connectivity index (χ0v) is 10.7. The van der Waals surface area contributed by atoms with Crippen LogP contribution in [-0.2, 0) is 7.05 Å². The van der Waals surface area contributed by atoms with Gasteiger partial charge in [0.1, 0.15) is 0 Å². The minimum atomic E-state index is -0.149. The number of carbonyl (C=O) groups excluding carboxylic acids is 1. The molecule has 0 unspecified atom stereocenters. The number of rotatable bonds is 2. The van der Waals surface area contributed by atoms with Crippen LogP contribution in [0.25, 0.3) is 0 Å². The summed E-state index contributed by atoms with van der Waals surface area (Å²) in [6, 6.07) is 5.23. The van der Waals surface area contributed by atoms with E-state index < -0.39 is 0 Å². The molecular formula is C13H16N4O. The summed E-state index contributed by atoms with van der Waals surface area (Å²) in [6.07, 6.45) is 1.78. The van der Waals surface area contributed by atoms with E-state index in [1.807, 2.05) is 20.9 Å². The van der Waals surface area contributed by atoms with E-state index in [2.05, 4.69) is 10.4 Å². The molecule has 0 aliphatic carbocycles. The molecule has 0 bridgehead atoms. The molecule has 94 valence electrons. The van der Waals surface area contributed by atoms with Gasteiger partial charge in [-0.2, -0.15) is 5.10 Å². The van der Waals surface area contributed by atoms with Crippen molar-refractivity contribution in [1.82, 2.24) is 9.78 Å². The molecule has 0 aliphatic rings. The molecule has 2 aromatic rings. The van der Waals surface area contributed by atoms with Crippen LogP contribution in [0.1, 0.15) is 21.6 Å². The molecule has 1 heterocycles. The van der Waals surface area contributed by atoms with Gasteiger partial charge in [0.05, 0.1) is 11.4 Å². The van der Waals surface area contributed by atoms with E-state index in [0.29, 0.717) is 11.3 Å². The maximum absolute atomic E-state index is 12.1. The number of amides is 1. The first-order valence-electron chi connectivity index (χ1n) is 5.65. The number of anilines is 2. The molecule has 18 heavy (non-hydrogen) atoms. The third-order valence-corrected chi connectivity index (χ3v) is 2.76. The normalized spacial score (nSPS) is 10.4. The predicted octanol–water partition coefficient (Wildman–Crippen LogP) is 1.87. The van der Waals surface area contributed by atoms with E-state index in [1.54, 1.807) is 29.1 Å². The lowest BCUT2D eigenvalue weighted by atomic mass is 10.1. The number of carbonyl (C=O) groups is 1. The van der Waals surface area contributed by atoms with Crippen molar-refractivity contribution in [3.8, 4) is 0 Å². The molecule has 1 aromatic heterocycles. The van der Waals surface area contributed by atoms with Gasteiger partial charge in [-0.05, 0) is 37.6 Å². The third kappa shape index (κ3) is 2.34. The molecular weight excluding hydrogens is 228 g/mol. The molecule has 0 fully saturated rings. The number of nitrogen functional groups attached to an aromatic ring is 1. The van der Waals surface area contributed by atoms with Crippen molar-refractivity contribution in [2.24, 2.45) is 7.05 Å². The Morgan fingerprint density at radius 3 is 2.67 bits per heavy atom. The lowest BCUT2D eigenvalue weighted by Gasteiger charge is -2.07. The fraction of sp³-hybridized carbons (Fsp3) is 0.231. The fourth-order valence-corrected chi connectivity index (χ4v) is 1.85. The van der Waals surface area contributed by atoms with Crippen molar-refractivity contribution in [3.63, 3.8) is 0 Å². The predicted molar refractivity (Wildman–Crippen MR) is 71.5 cm³/mol. The van der Waals surface area contributed by atoms with E-state index in [-0.39, 0.29) is 5.91 Å². The van der Waals surface area contributed by atoms with Gasteiger partial charge in [-0.25, -0.2) is 0 Å². The third-order valence-electron chi connectivity index (χ3n) is 2.76. The number of nitrogens with zero attached hydrogens (tertiary/aromatic N) is 2. The second-order valence-corrected chi connectivity index (χ2v) is 4.33. The number of nitrogens with one attached hydrogen (secondary N) is 1. The fourth-order valence-electron chi connectivity index (χ4n) is 1.85. The second kappa shape index (κ2) is 4.52. The zero-order chi connectivity index (χ0) is 13.3. The standard InChI is InChI=1S/C13H16N4O/c1-8-6-10(14)4-5-11(8)13(18)15-12-7-17(3)16-9(12)2/h4-7H,14H2,1-3H3,(H,15,18). The highest BCUT2D eigenvalue weighted by atomic mass is 16.1. The van der Waals surface area contributed by atoms with E-state index in [4.69, 9.17) is 5.73 Å². The molecule has 0 aliphatic heterocycles. The molecule has 0 saturated heterocycles. The Labute approximate surface area is 106 Å². The van der Waals surface area contributed by atoms with Gasteiger partial charge in [-0.1, -0.05) is 0 Å². The highest BCUT2D eigenvalue weighted by Gasteiger charge is 2.12. The smallest absolute Gasteiger partial charge is 0.256 e. The van der Waals surface area contributed by atoms with Crippen LogP contribution in [0.3, 0.4) is 0 Å². The van der Waals surface area contributed by atoms with Crippen LogP contribution in [0.2, 0.25) is 0 Å². The molecule has 2 rings (SSSR count). The molecule has 3 N–H and O–H groups in total. The summed E-state index contributed by atoms with van der Waals surface area (Å²) in [5.74, 6) is -0.149. The molecule has 0 spiro atoms. The Morgan fingerprint density at radius 1 is 1.39 bits per heavy atom. The maximum atomic E-state index is 12.1. The molecule has 0 atom stereocenters. The van der Waals surface area contributed by atoms with Crippen molar-refractivity contribution in [1.29, 1.82) is 0 Å². The minimum absolute atomic E-state index is 0.149. The average Bonchev–Trinajstić information content (AvgIpc) is 2.57. The van der Waals surface area contributed by atoms with E-state index in [1.165, 1.54) is 0 Å². The van der Waals surface area contributed by atoms with Gasteiger partial charge in [-0.15, -0.1) is 0 Å². The van der Waals surface area contributed by atoms with E-state index in [0.717, 1.165) is 16.9 Å². The Hall–Kier alpha value is -2.30. The molecule has 1 amide bonds. The van der Waals surface area contributed by atoms with Crippen LogP contribution in [0.5, 0.6) is 0 Å². The summed E-state index contributed by atoms with van der Waals surface area (Å²) in [5, 5.41) is 7.02. The molecule has 0 radical (unpaired) electrons. The van der Waals surface area contributed by atoms with Crippen molar-refractivity contribution >= 4 is 17.3 Å². The quantitative estimate of drug-likeness (QED) is 0.792. The van der Waals surface area contributed by atoms with Crippen LogP contribution in [0.15, 0.2) is 24.4 Å². The summed E-state index contributed by atoms with van der Waals surface area (Å²) in [7, 11) is 1.82. The highest BCUT2D eigenvalue weighted by molar-refractivity contribution is 6.05. The average molecular weight is 244 g/mol. The van der Waals surface area contributed by atoms with Crippen LogP contribution in [0.4, 0.5) is 11.4 Å². The number of benzene rings is 1. The monoisotopic (exact) mass is 244 g/mol. The van der Waals surface area contributed by atoms with Crippen molar-refractivity contribution < 1.29 is 4.79 Å². The van der Waals surface area contributed by atoms with Gasteiger partial charge >= 0.3 is 0 Å². The van der Waals surface area contributed by atoms with E-state index in [9.17, 15) is 4.79 Å². The van der Waals surface area contributed by atoms with E-state index >= 15 is 0 Å². The van der Waals surface area contributed by atoms with Gasteiger partial charge in [0.25, 0.3) is 5.91 Å². The number of aromatic nitrogens is 2. The molecule has 5 nitrogen and oxygen atoms in total. The summed E-state index contributed by atoms with van der Waals surface area (Å²) in [5.41, 5.74) is 9.30. The summed E-state index contributed by atoms with van der Waals surface area (Å²) >= 11 is 0. The van der Waals surface area contributed by atoms with Gasteiger partial charge in [0.15, 0.2) is 0 Å². The molecule has 5 heteroatoms. The Kier molecular flexibility index (Phi) is 3.06. The summed E-state index contributed by atoms with van der Waals surface area (Å²) in [4.78, 5) is 12.1. The Bertz CT molecular complexity index is 601. The first kappa shape index (κ1) is 12.2. The number of nitrogens with two attached hydrogens (primary N) is 1. The van der Waals surface area contributed by atoms with Gasteiger partial charge in [0.2, 0.25) is 0 Å². The summed E-state index contributed by atoms with van der Waals surface area (Å²) in [6.45, 7) is 3.72. The van der Waals surface area contributed by atoms with Gasteiger partial charge in [-0.3, -0.25) is 9.48 Å². The highest BCUT2D eigenvalue weighted by Crippen LogP contribution is 2.16. The topological polar surface area (TPSA) is 72.9 Å². The Morgan fingerprint density at radius 2 is 2.11 bits per heavy atom. The van der Waals surface area contributed by atoms with Gasteiger partial charge in [0, 0.05) is 24.5 Å². The largest absolute Gasteiger partial charge is 0.399 e. The zero-order valence-electron chi connectivity index (χ0n) is 10.7. The van der Waals surface area contributed by atoms with Crippen molar-refractivity contribution in [2.45, 2.75) is 13.8 Å². The van der Waals surface area contributed by atoms with Gasteiger partial charge < -0.3 is 11.1 Å². The first-order chi connectivity index (χ1) is 8.47. The van der Waals surface area contributed by atoms with Crippen LogP contribution in [-0.4, -0.2) is 15.7 Å². The number of hydrogen-bond donors (Lipinski definition) is 2. The minimum Gasteiger partial charge on any atom is -0.399 e. The van der Waals surface area contributed by atoms with Crippen LogP contribution in [0, 0.1) is 13.8 Å². The number of hydrogen-bond acceptors (Lipinski definition) is 3.